The second kappa shape index (κ2) is 3.64. The van der Waals surface area contributed by atoms with Gasteiger partial charge in [0.05, 0.1) is 0 Å². The normalized spacial score (nSPS) is 33.6. The third-order valence-electron chi connectivity index (χ3n) is 3.10. The number of aliphatic hydroxyl groups excluding tert-OH is 1. The lowest BCUT2D eigenvalue weighted by Gasteiger charge is -2.26. The molecule has 0 aromatic heterocycles. The zero-order chi connectivity index (χ0) is 11.0. The Balaban J connectivity index is 3.09. The van der Waals surface area contributed by atoms with Crippen LogP contribution in [0.4, 0.5) is 0 Å². The molecule has 1 fully saturated rings. The molecule has 0 unspecified atom stereocenters. The van der Waals surface area contributed by atoms with Crippen molar-refractivity contribution in [1.82, 2.24) is 0 Å². The summed E-state index contributed by atoms with van der Waals surface area (Å²) in [5, 5.41) is 9.00. The van der Waals surface area contributed by atoms with E-state index in [0.717, 1.165) is 0 Å². The van der Waals surface area contributed by atoms with Crippen LogP contribution in [0.2, 0.25) is 0 Å². The highest BCUT2D eigenvalue weighted by Crippen LogP contribution is 2.42. The molecule has 82 valence electrons. The first-order valence-corrected chi connectivity index (χ1v) is 6.45. The number of hydrogen-bond donors (Lipinski definition) is 2. The minimum Gasteiger partial charge on any atom is -0.396 e. The Bertz CT molecular complexity index is 336. The lowest BCUT2D eigenvalue weighted by molar-refractivity contribution is 0.228. The molecule has 4 nitrogen and oxygen atoms in total. The largest absolute Gasteiger partial charge is 0.396 e. The van der Waals surface area contributed by atoms with Crippen molar-refractivity contribution in [3.63, 3.8) is 0 Å². The lowest BCUT2D eigenvalue weighted by atomic mass is 10.0. The molecule has 1 aliphatic carbocycles. The van der Waals surface area contributed by atoms with E-state index in [1.165, 1.54) is 6.26 Å². The molecule has 0 aromatic rings. The summed E-state index contributed by atoms with van der Waals surface area (Å²) >= 11 is 0. The van der Waals surface area contributed by atoms with E-state index in [0.29, 0.717) is 18.4 Å². The molecule has 1 aliphatic rings. The average molecular weight is 219 g/mol. The van der Waals surface area contributed by atoms with Gasteiger partial charge in [0.25, 0.3) is 0 Å². The van der Waals surface area contributed by atoms with E-state index in [-0.39, 0.29) is 19.1 Å². The standard InChI is InChI=1S/C9H17NO3S/c1-7-3-8(5-11)4-9(7,6-10)14(2,12)13/h8,11H,1,3-6,10H2,2H3/t8-,9-/m0/s1. The summed E-state index contributed by atoms with van der Waals surface area (Å²) in [6.07, 6.45) is 2.14. The van der Waals surface area contributed by atoms with Crippen molar-refractivity contribution >= 4 is 9.84 Å². The van der Waals surface area contributed by atoms with E-state index < -0.39 is 14.6 Å². The van der Waals surface area contributed by atoms with Gasteiger partial charge in [-0.1, -0.05) is 12.2 Å². The zero-order valence-electron chi connectivity index (χ0n) is 8.36. The molecule has 0 radical (unpaired) electrons. The van der Waals surface area contributed by atoms with Gasteiger partial charge in [-0.15, -0.1) is 0 Å². The van der Waals surface area contributed by atoms with Gasteiger partial charge < -0.3 is 10.8 Å². The fourth-order valence-corrected chi connectivity index (χ4v) is 3.59. The molecule has 2 atom stereocenters. The van der Waals surface area contributed by atoms with Crippen LogP contribution in [0.25, 0.3) is 0 Å². The highest BCUT2D eigenvalue weighted by molar-refractivity contribution is 7.92. The summed E-state index contributed by atoms with van der Waals surface area (Å²) in [5.41, 5.74) is 6.18. The van der Waals surface area contributed by atoms with Crippen molar-refractivity contribution in [2.75, 3.05) is 19.4 Å². The molecule has 0 aliphatic heterocycles. The summed E-state index contributed by atoms with van der Waals surface area (Å²) in [6, 6.07) is 0. The van der Waals surface area contributed by atoms with Crippen molar-refractivity contribution in [2.45, 2.75) is 17.6 Å². The third-order valence-corrected chi connectivity index (χ3v) is 5.14. The molecule has 1 saturated carbocycles. The van der Waals surface area contributed by atoms with Gasteiger partial charge >= 0.3 is 0 Å². The van der Waals surface area contributed by atoms with Gasteiger partial charge in [-0.05, 0) is 18.8 Å². The van der Waals surface area contributed by atoms with Gasteiger partial charge in [0.15, 0.2) is 9.84 Å². The fraction of sp³-hybridized carbons (Fsp3) is 0.778. The molecule has 0 heterocycles. The van der Waals surface area contributed by atoms with Gasteiger partial charge in [-0.3, -0.25) is 0 Å². The number of hydrogen-bond acceptors (Lipinski definition) is 4. The Morgan fingerprint density at radius 3 is 2.50 bits per heavy atom. The summed E-state index contributed by atoms with van der Waals surface area (Å²) in [7, 11) is -3.24. The lowest BCUT2D eigenvalue weighted by Crippen LogP contribution is -2.44. The number of sulfone groups is 1. The number of aliphatic hydroxyl groups is 1. The highest BCUT2D eigenvalue weighted by atomic mass is 32.2. The quantitative estimate of drug-likeness (QED) is 0.638. The van der Waals surface area contributed by atoms with Crippen LogP contribution in [0.5, 0.6) is 0 Å². The van der Waals surface area contributed by atoms with Gasteiger partial charge in [-0.2, -0.15) is 0 Å². The van der Waals surface area contributed by atoms with Crippen LogP contribution in [0.1, 0.15) is 12.8 Å². The minimum absolute atomic E-state index is 0.00368. The third kappa shape index (κ3) is 1.60. The van der Waals surface area contributed by atoms with Gasteiger partial charge in [0, 0.05) is 19.4 Å². The first kappa shape index (κ1) is 11.7. The summed E-state index contributed by atoms with van der Waals surface area (Å²) < 4.78 is 22.3. The fourth-order valence-electron chi connectivity index (χ4n) is 2.14. The average Bonchev–Trinajstić information content (AvgIpc) is 2.42. The van der Waals surface area contributed by atoms with E-state index in [1.807, 2.05) is 0 Å². The van der Waals surface area contributed by atoms with Gasteiger partial charge in [-0.25, -0.2) is 8.42 Å². The van der Waals surface area contributed by atoms with E-state index in [9.17, 15) is 8.42 Å². The zero-order valence-corrected chi connectivity index (χ0v) is 9.18. The van der Waals surface area contributed by atoms with Gasteiger partial charge in [0.1, 0.15) is 4.75 Å². The number of rotatable bonds is 3. The van der Waals surface area contributed by atoms with E-state index in [4.69, 9.17) is 10.8 Å². The summed E-state index contributed by atoms with van der Waals surface area (Å²) in [5.74, 6) is -0.0132. The second-order valence-corrected chi connectivity index (χ2v) is 6.36. The van der Waals surface area contributed by atoms with Crippen molar-refractivity contribution in [1.29, 1.82) is 0 Å². The maximum Gasteiger partial charge on any atom is 0.158 e. The van der Waals surface area contributed by atoms with Crippen LogP contribution < -0.4 is 5.73 Å². The van der Waals surface area contributed by atoms with Crippen molar-refractivity contribution < 1.29 is 13.5 Å². The van der Waals surface area contributed by atoms with Crippen LogP contribution in [0.15, 0.2) is 12.2 Å². The molecular weight excluding hydrogens is 202 g/mol. The van der Waals surface area contributed by atoms with E-state index in [1.54, 1.807) is 0 Å². The number of nitrogens with two attached hydrogens (primary N) is 1. The van der Waals surface area contributed by atoms with Crippen molar-refractivity contribution in [2.24, 2.45) is 11.7 Å². The Morgan fingerprint density at radius 1 is 1.71 bits per heavy atom. The Morgan fingerprint density at radius 2 is 2.29 bits per heavy atom. The Kier molecular flexibility index (Phi) is 3.04. The van der Waals surface area contributed by atoms with Gasteiger partial charge in [0.2, 0.25) is 0 Å². The molecule has 0 spiro atoms. The molecule has 0 aromatic carbocycles. The van der Waals surface area contributed by atoms with E-state index in [2.05, 4.69) is 6.58 Å². The first-order chi connectivity index (χ1) is 6.37. The van der Waals surface area contributed by atoms with Crippen LogP contribution in [0.3, 0.4) is 0 Å². The van der Waals surface area contributed by atoms with Crippen LogP contribution >= 0.6 is 0 Å². The first-order valence-electron chi connectivity index (χ1n) is 4.56. The second-order valence-electron chi connectivity index (χ2n) is 4.03. The van der Waals surface area contributed by atoms with E-state index >= 15 is 0 Å². The predicted molar refractivity (Wildman–Crippen MR) is 55.6 cm³/mol. The molecule has 0 saturated heterocycles. The molecule has 1 rings (SSSR count). The Hall–Kier alpha value is -0.390. The monoisotopic (exact) mass is 219 g/mol. The molecule has 14 heavy (non-hydrogen) atoms. The smallest absolute Gasteiger partial charge is 0.158 e. The maximum absolute atomic E-state index is 11.6. The molecule has 0 bridgehead atoms. The SMILES string of the molecule is C=C1C[C@H](CO)C[C@@]1(CN)S(C)(=O)=O. The molecule has 3 N–H and O–H groups in total. The topological polar surface area (TPSA) is 80.4 Å². The summed E-state index contributed by atoms with van der Waals surface area (Å²) in [6.45, 7) is 3.83. The minimum atomic E-state index is -3.24. The molecule has 5 heteroatoms. The van der Waals surface area contributed by atoms with Crippen molar-refractivity contribution in [3.05, 3.63) is 12.2 Å². The van der Waals surface area contributed by atoms with Crippen LogP contribution in [0, 0.1) is 5.92 Å². The van der Waals surface area contributed by atoms with Crippen molar-refractivity contribution in [3.8, 4) is 0 Å². The van der Waals surface area contributed by atoms with Crippen LogP contribution in [-0.2, 0) is 9.84 Å². The summed E-state index contributed by atoms with van der Waals surface area (Å²) in [4.78, 5) is 0. The predicted octanol–water partition coefficient (Wildman–Crippen LogP) is -0.313. The molecular formula is C9H17NO3S. The molecule has 0 amide bonds. The highest BCUT2D eigenvalue weighted by Gasteiger charge is 2.48. The Labute approximate surface area is 84.7 Å². The van der Waals surface area contributed by atoms with Crippen LogP contribution in [-0.4, -0.2) is 37.7 Å². The maximum atomic E-state index is 11.6.